The first-order valence-electron chi connectivity index (χ1n) is 11.8. The number of pyridine rings is 1. The van der Waals surface area contributed by atoms with Gasteiger partial charge in [-0.3, -0.25) is 9.78 Å². The van der Waals surface area contributed by atoms with Crippen molar-refractivity contribution < 1.29 is 13.6 Å². The predicted molar refractivity (Wildman–Crippen MR) is 146 cm³/mol. The van der Waals surface area contributed by atoms with Crippen LogP contribution < -0.4 is 10.6 Å². The third kappa shape index (κ3) is 5.84. The second-order valence-corrected chi connectivity index (χ2v) is 10.1. The SMILES string of the molecule is Cc1ccc(Sc2ccc([C@H]3[C@@H](c4ccccn4)NC(=S)N3CCC(=O)Nc3ccccc3F)o2)cc1. The number of nitrogens with one attached hydrogen (secondary N) is 2. The number of nitrogens with zero attached hydrogens (tertiary/aromatic N) is 2. The summed E-state index contributed by atoms with van der Waals surface area (Å²) in [6.45, 7) is 2.37. The van der Waals surface area contributed by atoms with Crippen LogP contribution in [-0.2, 0) is 4.79 Å². The van der Waals surface area contributed by atoms with E-state index in [0.717, 1.165) is 15.7 Å². The number of benzene rings is 2. The number of para-hydroxylation sites is 1. The fourth-order valence-electron chi connectivity index (χ4n) is 4.22. The van der Waals surface area contributed by atoms with E-state index in [1.807, 2.05) is 35.2 Å². The van der Waals surface area contributed by atoms with Gasteiger partial charge in [-0.1, -0.05) is 47.7 Å². The number of halogens is 1. The fourth-order valence-corrected chi connectivity index (χ4v) is 5.33. The average molecular weight is 533 g/mol. The summed E-state index contributed by atoms with van der Waals surface area (Å²) < 4.78 is 20.3. The van der Waals surface area contributed by atoms with Crippen molar-refractivity contribution in [3.63, 3.8) is 0 Å². The van der Waals surface area contributed by atoms with Crippen LogP contribution in [0.4, 0.5) is 10.1 Å². The first-order chi connectivity index (χ1) is 18.0. The molecule has 4 aromatic rings. The maximum absolute atomic E-state index is 14.0. The second-order valence-electron chi connectivity index (χ2n) is 8.67. The number of aryl methyl sites for hydroxylation is 1. The van der Waals surface area contributed by atoms with E-state index in [-0.39, 0.29) is 30.1 Å². The maximum atomic E-state index is 14.0. The molecule has 1 amide bonds. The van der Waals surface area contributed by atoms with Crippen molar-refractivity contribution in [1.82, 2.24) is 15.2 Å². The zero-order valence-electron chi connectivity index (χ0n) is 20.1. The highest BCUT2D eigenvalue weighted by atomic mass is 32.2. The largest absolute Gasteiger partial charge is 0.452 e. The van der Waals surface area contributed by atoms with Crippen molar-refractivity contribution in [2.24, 2.45) is 0 Å². The number of carbonyl (C=O) groups is 1. The molecule has 1 aliphatic heterocycles. The van der Waals surface area contributed by atoms with E-state index in [1.165, 1.54) is 17.7 Å². The summed E-state index contributed by atoms with van der Waals surface area (Å²) >= 11 is 7.21. The van der Waals surface area contributed by atoms with Gasteiger partial charge in [-0.25, -0.2) is 4.39 Å². The van der Waals surface area contributed by atoms with Crippen LogP contribution in [0, 0.1) is 12.7 Å². The van der Waals surface area contributed by atoms with Crippen molar-refractivity contribution >= 4 is 40.7 Å². The molecule has 0 saturated carbocycles. The number of hydrogen-bond donors (Lipinski definition) is 2. The van der Waals surface area contributed by atoms with E-state index in [4.69, 9.17) is 16.6 Å². The van der Waals surface area contributed by atoms with E-state index < -0.39 is 5.82 Å². The Labute approximate surface area is 224 Å². The van der Waals surface area contributed by atoms with Gasteiger partial charge in [-0.2, -0.15) is 0 Å². The Bertz CT molecular complexity index is 1390. The normalized spacial score (nSPS) is 17.0. The van der Waals surface area contributed by atoms with Gasteiger partial charge in [0.25, 0.3) is 0 Å². The van der Waals surface area contributed by atoms with Crippen LogP contribution in [0.3, 0.4) is 0 Å². The Kier molecular flexibility index (Phi) is 7.52. The molecule has 188 valence electrons. The van der Waals surface area contributed by atoms with Gasteiger partial charge >= 0.3 is 0 Å². The molecule has 3 heterocycles. The summed E-state index contributed by atoms with van der Waals surface area (Å²) in [7, 11) is 0. The number of carbonyl (C=O) groups excluding carboxylic acids is 1. The molecule has 1 aliphatic rings. The zero-order chi connectivity index (χ0) is 25.8. The Morgan fingerprint density at radius 2 is 1.89 bits per heavy atom. The Hall–Kier alpha value is -3.69. The first kappa shape index (κ1) is 25.0. The molecule has 2 aromatic heterocycles. The van der Waals surface area contributed by atoms with Crippen LogP contribution in [0.5, 0.6) is 0 Å². The molecule has 1 fully saturated rings. The number of hydrogen-bond acceptors (Lipinski definition) is 5. The van der Waals surface area contributed by atoms with Gasteiger partial charge < -0.3 is 20.0 Å². The lowest BCUT2D eigenvalue weighted by Gasteiger charge is -2.25. The summed E-state index contributed by atoms with van der Waals surface area (Å²) in [5, 5.41) is 7.25. The minimum Gasteiger partial charge on any atom is -0.452 e. The molecule has 1 saturated heterocycles. The average Bonchev–Trinajstić information content (AvgIpc) is 3.49. The van der Waals surface area contributed by atoms with Crippen LogP contribution in [0.1, 0.15) is 35.5 Å². The predicted octanol–water partition coefficient (Wildman–Crippen LogP) is 6.27. The topological polar surface area (TPSA) is 70.4 Å². The van der Waals surface area contributed by atoms with Crippen LogP contribution in [0.2, 0.25) is 0 Å². The number of thiocarbonyl (C=S) groups is 1. The van der Waals surface area contributed by atoms with E-state index in [0.29, 0.717) is 17.4 Å². The van der Waals surface area contributed by atoms with Gasteiger partial charge in [-0.05, 0) is 67.7 Å². The van der Waals surface area contributed by atoms with Gasteiger partial charge in [-0.15, -0.1) is 0 Å². The number of furan rings is 1. The Morgan fingerprint density at radius 3 is 2.65 bits per heavy atom. The van der Waals surface area contributed by atoms with Crippen molar-refractivity contribution in [3.05, 3.63) is 108 Å². The molecular formula is C28H25FN4O2S2. The fraction of sp³-hybridized carbons (Fsp3) is 0.179. The Balaban J connectivity index is 1.36. The summed E-state index contributed by atoms with van der Waals surface area (Å²) in [4.78, 5) is 20.2. The van der Waals surface area contributed by atoms with Crippen molar-refractivity contribution in [2.75, 3.05) is 11.9 Å². The molecule has 6 nitrogen and oxygen atoms in total. The monoisotopic (exact) mass is 532 g/mol. The quantitative estimate of drug-likeness (QED) is 0.259. The molecule has 9 heteroatoms. The van der Waals surface area contributed by atoms with Crippen molar-refractivity contribution in [3.8, 4) is 0 Å². The van der Waals surface area contributed by atoms with Crippen LogP contribution in [0.25, 0.3) is 0 Å². The van der Waals surface area contributed by atoms with Gasteiger partial charge in [0.15, 0.2) is 10.2 Å². The smallest absolute Gasteiger partial charge is 0.226 e. The first-order valence-corrected chi connectivity index (χ1v) is 13.1. The third-order valence-electron chi connectivity index (χ3n) is 6.06. The summed E-state index contributed by atoms with van der Waals surface area (Å²) in [6, 6.07) is 23.4. The molecule has 2 atom stereocenters. The maximum Gasteiger partial charge on any atom is 0.226 e. The third-order valence-corrected chi connectivity index (χ3v) is 7.34. The Morgan fingerprint density at radius 1 is 1.11 bits per heavy atom. The number of aromatic nitrogens is 1. The highest BCUT2D eigenvalue weighted by Gasteiger charge is 2.41. The number of rotatable bonds is 8. The summed E-state index contributed by atoms with van der Waals surface area (Å²) in [5.74, 6) is -0.0633. The standard InChI is InChI=1S/C28H25FN4O2S2/c1-18-9-11-19(12-10-18)37-25-14-13-23(35-25)27-26(22-8-4-5-16-30-22)32-28(36)33(27)17-15-24(34)31-21-7-3-2-6-20(21)29/h2-14,16,26-27H,15,17H2,1H3,(H,31,34)(H,32,36)/t26-,27+/m1/s1. The molecule has 0 aliphatic carbocycles. The minimum atomic E-state index is -0.475. The lowest BCUT2D eigenvalue weighted by atomic mass is 10.0. The van der Waals surface area contributed by atoms with Crippen LogP contribution in [-0.4, -0.2) is 27.4 Å². The molecule has 2 N–H and O–H groups in total. The van der Waals surface area contributed by atoms with Crippen LogP contribution in [0.15, 0.2) is 99.5 Å². The molecule has 0 spiro atoms. The molecule has 37 heavy (non-hydrogen) atoms. The molecule has 5 rings (SSSR count). The van der Waals surface area contributed by atoms with Gasteiger partial charge in [0.05, 0.1) is 17.4 Å². The summed E-state index contributed by atoms with van der Waals surface area (Å²) in [5.41, 5.74) is 2.17. The van der Waals surface area contributed by atoms with Gasteiger partial charge in [0.2, 0.25) is 5.91 Å². The molecule has 0 bridgehead atoms. The minimum absolute atomic E-state index is 0.118. The molecule has 0 radical (unpaired) electrons. The highest BCUT2D eigenvalue weighted by molar-refractivity contribution is 7.99. The summed E-state index contributed by atoms with van der Waals surface area (Å²) in [6.07, 6.45) is 1.86. The lowest BCUT2D eigenvalue weighted by Crippen LogP contribution is -2.32. The molecular weight excluding hydrogens is 507 g/mol. The lowest BCUT2D eigenvalue weighted by molar-refractivity contribution is -0.116. The van der Waals surface area contributed by atoms with Gasteiger partial charge in [0.1, 0.15) is 17.6 Å². The second kappa shape index (κ2) is 11.1. The van der Waals surface area contributed by atoms with Crippen LogP contribution >= 0.6 is 24.0 Å². The molecule has 0 unspecified atom stereocenters. The zero-order valence-corrected chi connectivity index (χ0v) is 21.7. The van der Waals surface area contributed by atoms with Gasteiger partial charge in [0, 0.05) is 24.1 Å². The van der Waals surface area contributed by atoms with E-state index in [2.05, 4.69) is 46.8 Å². The van der Waals surface area contributed by atoms with E-state index >= 15 is 0 Å². The number of anilines is 1. The van der Waals surface area contributed by atoms with Crippen molar-refractivity contribution in [1.29, 1.82) is 0 Å². The van der Waals surface area contributed by atoms with E-state index in [9.17, 15) is 9.18 Å². The number of amides is 1. The highest BCUT2D eigenvalue weighted by Crippen LogP contribution is 2.41. The molecule has 2 aromatic carbocycles. The van der Waals surface area contributed by atoms with E-state index in [1.54, 1.807) is 30.1 Å². The van der Waals surface area contributed by atoms with Crippen molar-refractivity contribution in [2.45, 2.75) is 35.4 Å².